The molecule has 9 nitrogen and oxygen atoms in total. The molecule has 110 valence electrons. The molecule has 1 aromatic heterocycles. The molecule has 0 aliphatic rings. The van der Waals surface area contributed by atoms with Crippen molar-refractivity contribution in [2.24, 2.45) is 0 Å². The van der Waals surface area contributed by atoms with E-state index in [-0.39, 0.29) is 36.3 Å². The second-order valence-electron chi connectivity index (χ2n) is 3.69. The minimum atomic E-state index is -0.565. The minimum Gasteiger partial charge on any atom is -0.466 e. The zero-order chi connectivity index (χ0) is 15.0. The van der Waals surface area contributed by atoms with Crippen LogP contribution in [0.15, 0.2) is 6.33 Å². The predicted octanol–water partition coefficient (Wildman–Crippen LogP) is 1.18. The van der Waals surface area contributed by atoms with Crippen molar-refractivity contribution >= 4 is 23.3 Å². The summed E-state index contributed by atoms with van der Waals surface area (Å²) >= 11 is 0. The summed E-state index contributed by atoms with van der Waals surface area (Å²) in [6, 6.07) is 0. The van der Waals surface area contributed by atoms with Crippen LogP contribution >= 0.6 is 0 Å². The fourth-order valence-corrected chi connectivity index (χ4v) is 1.49. The molecule has 0 aliphatic carbocycles. The van der Waals surface area contributed by atoms with Gasteiger partial charge in [0.05, 0.1) is 18.0 Å². The number of esters is 1. The van der Waals surface area contributed by atoms with Crippen molar-refractivity contribution in [3.63, 3.8) is 0 Å². The highest BCUT2D eigenvalue weighted by Gasteiger charge is 2.22. The van der Waals surface area contributed by atoms with Crippen molar-refractivity contribution < 1.29 is 14.5 Å². The third kappa shape index (κ3) is 4.34. The van der Waals surface area contributed by atoms with Gasteiger partial charge in [-0.1, -0.05) is 0 Å². The summed E-state index contributed by atoms with van der Waals surface area (Å²) in [6.07, 6.45) is 1.32. The van der Waals surface area contributed by atoms with Crippen molar-refractivity contribution in [3.05, 3.63) is 16.4 Å². The second-order valence-corrected chi connectivity index (χ2v) is 3.69. The lowest BCUT2D eigenvalue weighted by Gasteiger charge is -2.08. The summed E-state index contributed by atoms with van der Waals surface area (Å²) in [4.78, 5) is 29.3. The van der Waals surface area contributed by atoms with Gasteiger partial charge in [0.15, 0.2) is 0 Å². The van der Waals surface area contributed by atoms with Gasteiger partial charge in [-0.15, -0.1) is 0 Å². The van der Waals surface area contributed by atoms with Gasteiger partial charge in [-0.05, 0) is 13.8 Å². The van der Waals surface area contributed by atoms with Crippen LogP contribution in [0, 0.1) is 10.1 Å². The molecule has 0 bridgehead atoms. The lowest BCUT2D eigenvalue weighted by Crippen LogP contribution is -2.14. The maximum atomic E-state index is 11.2. The fourth-order valence-electron chi connectivity index (χ4n) is 1.49. The first-order valence-electron chi connectivity index (χ1n) is 6.22. The molecule has 9 heteroatoms. The number of nitro groups is 1. The zero-order valence-electron chi connectivity index (χ0n) is 11.4. The number of carbonyl (C=O) groups excluding carboxylic acids is 1. The van der Waals surface area contributed by atoms with Crippen molar-refractivity contribution in [2.75, 3.05) is 30.3 Å². The van der Waals surface area contributed by atoms with Gasteiger partial charge in [0.1, 0.15) is 6.33 Å². The van der Waals surface area contributed by atoms with E-state index in [1.807, 2.05) is 0 Å². The van der Waals surface area contributed by atoms with E-state index in [2.05, 4.69) is 20.6 Å². The van der Waals surface area contributed by atoms with Crippen molar-refractivity contribution in [1.29, 1.82) is 0 Å². The van der Waals surface area contributed by atoms with Gasteiger partial charge < -0.3 is 15.4 Å². The van der Waals surface area contributed by atoms with E-state index >= 15 is 0 Å². The van der Waals surface area contributed by atoms with Crippen LogP contribution in [0.2, 0.25) is 0 Å². The Balaban J connectivity index is 2.76. The molecule has 0 spiro atoms. The minimum absolute atomic E-state index is 0.0743. The smallest absolute Gasteiger partial charge is 0.353 e. The van der Waals surface area contributed by atoms with Crippen LogP contribution < -0.4 is 10.6 Å². The van der Waals surface area contributed by atoms with Crippen LogP contribution in [0.25, 0.3) is 0 Å². The Labute approximate surface area is 115 Å². The molecule has 0 fully saturated rings. The molecular weight excluding hydrogens is 266 g/mol. The van der Waals surface area contributed by atoms with Crippen LogP contribution in [0.3, 0.4) is 0 Å². The van der Waals surface area contributed by atoms with Crippen LogP contribution in [0.5, 0.6) is 0 Å². The number of aromatic nitrogens is 2. The average molecular weight is 283 g/mol. The molecule has 1 aromatic rings. The summed E-state index contributed by atoms with van der Waals surface area (Å²) in [5, 5.41) is 16.6. The van der Waals surface area contributed by atoms with Gasteiger partial charge in [-0.25, -0.2) is 9.97 Å². The van der Waals surface area contributed by atoms with Crippen LogP contribution in [0.4, 0.5) is 17.3 Å². The lowest BCUT2D eigenvalue weighted by atomic mass is 10.4. The quantitative estimate of drug-likeness (QED) is 0.414. The highest BCUT2D eigenvalue weighted by molar-refractivity contribution is 5.72. The Morgan fingerprint density at radius 2 is 2.00 bits per heavy atom. The Kier molecular flexibility index (Phi) is 6.14. The highest BCUT2D eigenvalue weighted by atomic mass is 16.6. The number of rotatable bonds is 8. The van der Waals surface area contributed by atoms with E-state index in [1.165, 1.54) is 6.33 Å². The number of hydrogen-bond donors (Lipinski definition) is 2. The zero-order valence-corrected chi connectivity index (χ0v) is 11.4. The molecule has 20 heavy (non-hydrogen) atoms. The molecule has 0 saturated heterocycles. The van der Waals surface area contributed by atoms with Gasteiger partial charge in [0, 0.05) is 13.1 Å². The number of ether oxygens (including phenoxy) is 1. The van der Waals surface area contributed by atoms with Gasteiger partial charge >= 0.3 is 11.7 Å². The Morgan fingerprint density at radius 3 is 2.55 bits per heavy atom. The van der Waals surface area contributed by atoms with E-state index in [0.717, 1.165) is 0 Å². The highest BCUT2D eigenvalue weighted by Crippen LogP contribution is 2.28. The molecule has 0 atom stereocenters. The molecule has 0 aliphatic heterocycles. The van der Waals surface area contributed by atoms with Crippen molar-refractivity contribution in [2.45, 2.75) is 20.3 Å². The Bertz CT molecular complexity index is 480. The number of nitrogens with zero attached hydrogens (tertiary/aromatic N) is 3. The number of hydrogen-bond acceptors (Lipinski definition) is 8. The monoisotopic (exact) mass is 283 g/mol. The molecule has 2 N–H and O–H groups in total. The summed E-state index contributed by atoms with van der Waals surface area (Å²) in [5.41, 5.74) is -0.238. The Morgan fingerprint density at radius 1 is 1.35 bits per heavy atom. The van der Waals surface area contributed by atoms with Crippen molar-refractivity contribution in [3.8, 4) is 0 Å². The van der Waals surface area contributed by atoms with Gasteiger partial charge in [-0.3, -0.25) is 14.9 Å². The topological polar surface area (TPSA) is 119 Å². The summed E-state index contributed by atoms with van der Waals surface area (Å²) in [5.74, 6) is -0.153. The number of carbonyl (C=O) groups is 1. The lowest BCUT2D eigenvalue weighted by molar-refractivity contribution is -0.383. The van der Waals surface area contributed by atoms with E-state index in [9.17, 15) is 14.9 Å². The molecule has 0 unspecified atom stereocenters. The first kappa shape index (κ1) is 15.6. The third-order valence-corrected chi connectivity index (χ3v) is 2.28. The normalized spacial score (nSPS) is 9.90. The van der Waals surface area contributed by atoms with E-state index < -0.39 is 4.92 Å². The Hall–Kier alpha value is -2.45. The maximum Gasteiger partial charge on any atom is 0.353 e. The molecule has 0 amide bonds. The molecule has 1 rings (SSSR count). The third-order valence-electron chi connectivity index (χ3n) is 2.28. The van der Waals surface area contributed by atoms with Gasteiger partial charge in [0.2, 0.25) is 11.6 Å². The van der Waals surface area contributed by atoms with Gasteiger partial charge in [0.25, 0.3) is 0 Å². The van der Waals surface area contributed by atoms with Crippen LogP contribution in [-0.2, 0) is 9.53 Å². The van der Waals surface area contributed by atoms with Crippen LogP contribution in [0.1, 0.15) is 20.3 Å². The maximum absolute atomic E-state index is 11.2. The number of anilines is 2. The molecule has 0 aromatic carbocycles. The first-order valence-corrected chi connectivity index (χ1v) is 6.22. The summed E-state index contributed by atoms with van der Waals surface area (Å²) in [6.45, 7) is 4.52. The summed E-state index contributed by atoms with van der Waals surface area (Å²) < 4.78 is 4.76. The second kappa shape index (κ2) is 7.87. The SMILES string of the molecule is CCNc1ncnc(NCCC(=O)OCC)c1[N+](=O)[O-]. The summed E-state index contributed by atoms with van der Waals surface area (Å²) in [7, 11) is 0. The standard InChI is InChI=1S/C11H17N5O4/c1-3-12-10-9(16(18)19)11(15-7-14-10)13-6-5-8(17)20-4-2/h7H,3-6H2,1-2H3,(H2,12,13,14,15). The average Bonchev–Trinajstić information content (AvgIpc) is 2.39. The molecule has 0 saturated carbocycles. The van der Waals surface area contributed by atoms with Crippen LogP contribution in [-0.4, -0.2) is 40.6 Å². The van der Waals surface area contributed by atoms with E-state index in [1.54, 1.807) is 13.8 Å². The largest absolute Gasteiger partial charge is 0.466 e. The molecular formula is C11H17N5O4. The van der Waals surface area contributed by atoms with Crippen molar-refractivity contribution in [1.82, 2.24) is 9.97 Å². The molecule has 0 radical (unpaired) electrons. The van der Waals surface area contributed by atoms with Gasteiger partial charge in [-0.2, -0.15) is 0 Å². The number of nitrogens with one attached hydrogen (secondary N) is 2. The van der Waals surface area contributed by atoms with E-state index in [4.69, 9.17) is 4.74 Å². The fraction of sp³-hybridized carbons (Fsp3) is 0.545. The van der Waals surface area contributed by atoms with E-state index in [0.29, 0.717) is 13.2 Å². The molecule has 1 heterocycles. The first-order chi connectivity index (χ1) is 9.60. The predicted molar refractivity (Wildman–Crippen MR) is 72.6 cm³/mol.